The van der Waals surface area contributed by atoms with E-state index in [2.05, 4.69) is 11.8 Å². The number of amides is 2. The standard InChI is InChI=1S/C19H27N3O3/c1-2-21-10-4-8-16(21)17-9-5-11-22(17)19(24)14-6-3-7-15(12-14)25-13-18(20)23/h3,6-7,12,16-17H,2,4-5,8-11,13H2,1H3,(H2,20,23). The molecule has 2 aliphatic heterocycles. The quantitative estimate of drug-likeness (QED) is 0.850. The predicted molar refractivity (Wildman–Crippen MR) is 95.5 cm³/mol. The molecule has 3 rings (SSSR count). The Hall–Kier alpha value is -2.08. The second-order valence-electron chi connectivity index (χ2n) is 6.83. The van der Waals surface area contributed by atoms with Crippen LogP contribution in [0.4, 0.5) is 0 Å². The Labute approximate surface area is 148 Å². The number of rotatable bonds is 6. The second-order valence-corrected chi connectivity index (χ2v) is 6.83. The van der Waals surface area contributed by atoms with Crippen LogP contribution in [0, 0.1) is 0 Å². The molecule has 0 aromatic heterocycles. The summed E-state index contributed by atoms with van der Waals surface area (Å²) in [6, 6.07) is 7.80. The van der Waals surface area contributed by atoms with Crippen LogP contribution in [0.1, 0.15) is 43.0 Å². The largest absolute Gasteiger partial charge is 0.484 e. The number of likely N-dealkylation sites (tertiary alicyclic amines) is 2. The van der Waals surface area contributed by atoms with Crippen LogP contribution in [-0.2, 0) is 4.79 Å². The van der Waals surface area contributed by atoms with Crippen LogP contribution in [0.5, 0.6) is 5.75 Å². The van der Waals surface area contributed by atoms with Crippen LogP contribution in [-0.4, -0.2) is 59.9 Å². The summed E-state index contributed by atoms with van der Waals surface area (Å²) in [5.41, 5.74) is 5.71. The molecule has 0 spiro atoms. The Morgan fingerprint density at radius 1 is 1.20 bits per heavy atom. The highest BCUT2D eigenvalue weighted by Crippen LogP contribution is 2.31. The van der Waals surface area contributed by atoms with E-state index in [0.717, 1.165) is 32.5 Å². The van der Waals surface area contributed by atoms with Gasteiger partial charge in [0.25, 0.3) is 11.8 Å². The molecule has 2 amide bonds. The number of nitrogens with zero attached hydrogens (tertiary/aromatic N) is 2. The van der Waals surface area contributed by atoms with Gasteiger partial charge in [0.15, 0.2) is 6.61 Å². The van der Waals surface area contributed by atoms with E-state index in [4.69, 9.17) is 10.5 Å². The fourth-order valence-electron chi connectivity index (χ4n) is 4.16. The number of hydrogen-bond acceptors (Lipinski definition) is 4. The van der Waals surface area contributed by atoms with E-state index >= 15 is 0 Å². The average Bonchev–Trinajstić information content (AvgIpc) is 3.27. The topological polar surface area (TPSA) is 75.9 Å². The third-order valence-electron chi connectivity index (χ3n) is 5.29. The molecule has 2 saturated heterocycles. The molecule has 0 aliphatic carbocycles. The van der Waals surface area contributed by atoms with Gasteiger partial charge in [-0.25, -0.2) is 0 Å². The molecule has 0 radical (unpaired) electrons. The number of benzene rings is 1. The number of likely N-dealkylation sites (N-methyl/N-ethyl adjacent to an activating group) is 1. The maximum Gasteiger partial charge on any atom is 0.255 e. The molecule has 6 heteroatoms. The van der Waals surface area contributed by atoms with Gasteiger partial charge >= 0.3 is 0 Å². The van der Waals surface area contributed by atoms with Crippen molar-refractivity contribution in [3.8, 4) is 5.75 Å². The highest BCUT2D eigenvalue weighted by Gasteiger charge is 2.39. The van der Waals surface area contributed by atoms with Gasteiger partial charge < -0.3 is 15.4 Å². The van der Waals surface area contributed by atoms with Crippen molar-refractivity contribution in [2.75, 3.05) is 26.2 Å². The monoisotopic (exact) mass is 345 g/mol. The summed E-state index contributed by atoms with van der Waals surface area (Å²) >= 11 is 0. The van der Waals surface area contributed by atoms with Gasteiger partial charge in [-0.1, -0.05) is 13.0 Å². The minimum absolute atomic E-state index is 0.0509. The normalized spacial score (nSPS) is 23.8. The van der Waals surface area contributed by atoms with Crippen molar-refractivity contribution in [3.05, 3.63) is 29.8 Å². The lowest BCUT2D eigenvalue weighted by Gasteiger charge is -2.34. The van der Waals surface area contributed by atoms with Gasteiger partial charge in [-0.2, -0.15) is 0 Å². The lowest BCUT2D eigenvalue weighted by atomic mass is 10.0. The minimum Gasteiger partial charge on any atom is -0.484 e. The molecule has 2 unspecified atom stereocenters. The zero-order valence-electron chi connectivity index (χ0n) is 14.8. The summed E-state index contributed by atoms with van der Waals surface area (Å²) < 4.78 is 5.33. The molecule has 6 nitrogen and oxygen atoms in total. The van der Waals surface area contributed by atoms with Crippen LogP contribution in [0.15, 0.2) is 24.3 Å². The van der Waals surface area contributed by atoms with Crippen LogP contribution in [0.3, 0.4) is 0 Å². The Morgan fingerprint density at radius 2 is 1.96 bits per heavy atom. The van der Waals surface area contributed by atoms with Gasteiger partial charge in [0.05, 0.1) is 0 Å². The molecule has 2 atom stereocenters. The highest BCUT2D eigenvalue weighted by molar-refractivity contribution is 5.95. The molecule has 0 saturated carbocycles. The molecule has 2 N–H and O–H groups in total. The molecule has 0 bridgehead atoms. The van der Waals surface area contributed by atoms with Crippen LogP contribution < -0.4 is 10.5 Å². The van der Waals surface area contributed by atoms with Crippen molar-refractivity contribution in [3.63, 3.8) is 0 Å². The number of carbonyl (C=O) groups excluding carboxylic acids is 2. The molecular weight excluding hydrogens is 318 g/mol. The van der Waals surface area contributed by atoms with Gasteiger partial charge in [-0.3, -0.25) is 14.5 Å². The number of carbonyl (C=O) groups is 2. The Morgan fingerprint density at radius 3 is 2.72 bits per heavy atom. The summed E-state index contributed by atoms with van der Waals surface area (Å²) in [6.45, 7) is 5.00. The van der Waals surface area contributed by atoms with Crippen LogP contribution in [0.25, 0.3) is 0 Å². The first kappa shape index (κ1) is 17.7. The lowest BCUT2D eigenvalue weighted by molar-refractivity contribution is -0.119. The summed E-state index contributed by atoms with van der Waals surface area (Å²) in [5.74, 6) is 0.0173. The Bertz CT molecular complexity index is 634. The van der Waals surface area contributed by atoms with E-state index in [1.54, 1.807) is 24.3 Å². The molecular formula is C19H27N3O3. The fraction of sp³-hybridized carbons (Fsp3) is 0.579. The average molecular weight is 345 g/mol. The van der Waals surface area contributed by atoms with Crippen molar-refractivity contribution in [1.82, 2.24) is 9.80 Å². The van der Waals surface area contributed by atoms with Crippen molar-refractivity contribution in [1.29, 1.82) is 0 Å². The van der Waals surface area contributed by atoms with Crippen molar-refractivity contribution >= 4 is 11.8 Å². The molecule has 2 aliphatic rings. The van der Waals surface area contributed by atoms with Crippen molar-refractivity contribution in [2.45, 2.75) is 44.7 Å². The van der Waals surface area contributed by atoms with Crippen molar-refractivity contribution in [2.24, 2.45) is 5.73 Å². The van der Waals surface area contributed by atoms with Gasteiger partial charge in [-0.05, 0) is 57.0 Å². The number of ether oxygens (including phenoxy) is 1. The van der Waals surface area contributed by atoms with Crippen molar-refractivity contribution < 1.29 is 14.3 Å². The van der Waals surface area contributed by atoms with Crippen LogP contribution >= 0.6 is 0 Å². The zero-order valence-corrected chi connectivity index (χ0v) is 14.8. The predicted octanol–water partition coefficient (Wildman–Crippen LogP) is 1.64. The number of hydrogen-bond donors (Lipinski definition) is 1. The second kappa shape index (κ2) is 7.87. The summed E-state index contributed by atoms with van der Waals surface area (Å²) in [4.78, 5) is 28.5. The molecule has 2 heterocycles. The number of primary amides is 1. The molecule has 1 aromatic carbocycles. The van der Waals surface area contributed by atoms with E-state index in [1.807, 2.05) is 4.90 Å². The van der Waals surface area contributed by atoms with Gasteiger partial charge in [-0.15, -0.1) is 0 Å². The molecule has 136 valence electrons. The summed E-state index contributed by atoms with van der Waals surface area (Å²) in [7, 11) is 0. The first-order valence-corrected chi connectivity index (χ1v) is 9.16. The smallest absolute Gasteiger partial charge is 0.255 e. The van der Waals surface area contributed by atoms with E-state index in [-0.39, 0.29) is 12.5 Å². The first-order valence-electron chi connectivity index (χ1n) is 9.16. The van der Waals surface area contributed by atoms with Gasteiger partial charge in [0.2, 0.25) is 0 Å². The summed E-state index contributed by atoms with van der Waals surface area (Å²) in [6.07, 6.45) is 4.52. The SMILES string of the molecule is CCN1CCCC1C1CCCN1C(=O)c1cccc(OCC(N)=O)c1. The van der Waals surface area contributed by atoms with E-state index < -0.39 is 5.91 Å². The summed E-state index contributed by atoms with van der Waals surface area (Å²) in [5, 5.41) is 0. The zero-order chi connectivity index (χ0) is 17.8. The van der Waals surface area contributed by atoms with Crippen LogP contribution in [0.2, 0.25) is 0 Å². The van der Waals surface area contributed by atoms with Gasteiger partial charge in [0, 0.05) is 24.2 Å². The third-order valence-corrected chi connectivity index (χ3v) is 5.29. The molecule has 2 fully saturated rings. The highest BCUT2D eigenvalue weighted by atomic mass is 16.5. The first-order chi connectivity index (χ1) is 12.1. The Kier molecular flexibility index (Phi) is 5.58. The third kappa shape index (κ3) is 3.95. The lowest BCUT2D eigenvalue weighted by Crippen LogP contribution is -2.48. The fourth-order valence-corrected chi connectivity index (χ4v) is 4.16. The number of nitrogens with two attached hydrogens (primary N) is 1. The van der Waals surface area contributed by atoms with E-state index in [0.29, 0.717) is 23.4 Å². The van der Waals surface area contributed by atoms with E-state index in [9.17, 15) is 9.59 Å². The Balaban J connectivity index is 1.73. The van der Waals surface area contributed by atoms with Gasteiger partial charge in [0.1, 0.15) is 5.75 Å². The maximum atomic E-state index is 13.1. The molecule has 25 heavy (non-hydrogen) atoms. The minimum atomic E-state index is -0.530. The van der Waals surface area contributed by atoms with E-state index in [1.165, 1.54) is 12.8 Å². The maximum absolute atomic E-state index is 13.1. The molecule has 1 aromatic rings.